The van der Waals surface area contributed by atoms with Gasteiger partial charge in [0, 0.05) is 12.1 Å². The predicted molar refractivity (Wildman–Crippen MR) is 75.2 cm³/mol. The topological polar surface area (TPSA) is 64.0 Å². The van der Waals surface area contributed by atoms with Crippen LogP contribution in [0.4, 0.5) is 18.9 Å². The molecule has 0 amide bonds. The highest BCUT2D eigenvalue weighted by Gasteiger charge is 2.35. The molecule has 10 heteroatoms. The summed E-state index contributed by atoms with van der Waals surface area (Å²) in [5, 5.41) is 3.62. The summed E-state index contributed by atoms with van der Waals surface area (Å²) >= 11 is 5.55. The molecule has 1 aromatic carbocycles. The van der Waals surface area contributed by atoms with Crippen molar-refractivity contribution in [2.75, 3.05) is 4.72 Å². The van der Waals surface area contributed by atoms with E-state index in [1.54, 1.807) is 0 Å². The van der Waals surface area contributed by atoms with Gasteiger partial charge in [-0.1, -0.05) is 11.6 Å². The van der Waals surface area contributed by atoms with Crippen LogP contribution < -0.4 is 4.72 Å². The van der Waals surface area contributed by atoms with Gasteiger partial charge in [0.15, 0.2) is 0 Å². The fourth-order valence-corrected chi connectivity index (χ4v) is 3.24. The van der Waals surface area contributed by atoms with Crippen molar-refractivity contribution in [1.29, 1.82) is 0 Å². The Morgan fingerprint density at radius 3 is 2.45 bits per heavy atom. The van der Waals surface area contributed by atoms with E-state index in [0.29, 0.717) is 11.8 Å². The number of sulfonamides is 1. The molecule has 0 saturated heterocycles. The second-order valence-corrected chi connectivity index (χ2v) is 6.60. The van der Waals surface area contributed by atoms with Gasteiger partial charge in [-0.15, -0.1) is 0 Å². The van der Waals surface area contributed by atoms with E-state index in [0.717, 1.165) is 12.3 Å². The zero-order chi connectivity index (χ0) is 16.7. The quantitative estimate of drug-likeness (QED) is 0.921. The van der Waals surface area contributed by atoms with Crippen molar-refractivity contribution in [1.82, 2.24) is 9.78 Å². The van der Waals surface area contributed by atoms with Crippen LogP contribution in [0.2, 0.25) is 5.02 Å². The number of nitrogens with one attached hydrogen (secondary N) is 1. The highest BCUT2D eigenvalue weighted by atomic mass is 35.5. The van der Waals surface area contributed by atoms with Crippen LogP contribution in [0.1, 0.15) is 11.3 Å². The van der Waals surface area contributed by atoms with Crippen molar-refractivity contribution >= 4 is 27.3 Å². The summed E-state index contributed by atoms with van der Waals surface area (Å²) in [6.07, 6.45) is -3.67. The van der Waals surface area contributed by atoms with Crippen molar-refractivity contribution in [3.63, 3.8) is 0 Å². The summed E-state index contributed by atoms with van der Waals surface area (Å²) in [4.78, 5) is -0.196. The smallest absolute Gasteiger partial charge is 0.279 e. The van der Waals surface area contributed by atoms with E-state index in [-0.39, 0.29) is 9.92 Å². The van der Waals surface area contributed by atoms with Gasteiger partial charge in [-0.25, -0.2) is 8.42 Å². The Balaban J connectivity index is 2.49. The van der Waals surface area contributed by atoms with Gasteiger partial charge >= 0.3 is 6.18 Å². The van der Waals surface area contributed by atoms with Crippen LogP contribution in [-0.2, 0) is 23.2 Å². The average molecular weight is 354 g/mol. The normalized spacial score (nSPS) is 12.5. The Morgan fingerprint density at radius 2 is 1.95 bits per heavy atom. The van der Waals surface area contributed by atoms with E-state index in [1.165, 1.54) is 24.7 Å². The molecule has 0 fully saturated rings. The van der Waals surface area contributed by atoms with Gasteiger partial charge in [0.1, 0.15) is 4.90 Å². The number of alkyl halides is 3. The molecule has 0 spiro atoms. The molecule has 0 aliphatic rings. The molecule has 2 aromatic rings. The first kappa shape index (κ1) is 16.6. The monoisotopic (exact) mass is 353 g/mol. The number of nitrogens with zero attached hydrogens (tertiary/aromatic N) is 2. The van der Waals surface area contributed by atoms with Gasteiger partial charge in [0.25, 0.3) is 10.0 Å². The molecule has 0 aliphatic carbocycles. The van der Waals surface area contributed by atoms with Gasteiger partial charge < -0.3 is 0 Å². The summed E-state index contributed by atoms with van der Waals surface area (Å²) in [7, 11) is -2.67. The second kappa shape index (κ2) is 5.47. The first-order valence-corrected chi connectivity index (χ1v) is 7.76. The Morgan fingerprint density at radius 1 is 1.32 bits per heavy atom. The summed E-state index contributed by atoms with van der Waals surface area (Å²) in [5.74, 6) is 0. The van der Waals surface area contributed by atoms with Gasteiger partial charge in [0.05, 0.1) is 23.1 Å². The third-order valence-corrected chi connectivity index (χ3v) is 4.71. The van der Waals surface area contributed by atoms with Crippen molar-refractivity contribution in [2.45, 2.75) is 18.0 Å². The van der Waals surface area contributed by atoms with E-state index in [2.05, 4.69) is 5.10 Å². The molecule has 0 bridgehead atoms. The molecule has 2 rings (SSSR count). The lowest BCUT2D eigenvalue weighted by molar-refractivity contribution is -0.136. The van der Waals surface area contributed by atoms with Crippen LogP contribution in [0, 0.1) is 6.92 Å². The number of benzene rings is 1. The fourth-order valence-electron chi connectivity index (χ4n) is 1.78. The van der Waals surface area contributed by atoms with Gasteiger partial charge in [-0.2, -0.15) is 18.3 Å². The molecule has 5 nitrogen and oxygen atoms in total. The van der Waals surface area contributed by atoms with Crippen LogP contribution in [0.3, 0.4) is 0 Å². The zero-order valence-corrected chi connectivity index (χ0v) is 13.0. The minimum atomic E-state index is -4.74. The number of hydrogen-bond donors (Lipinski definition) is 1. The average Bonchev–Trinajstić information content (AvgIpc) is 2.71. The maximum atomic E-state index is 13.0. The maximum Gasteiger partial charge on any atom is 0.418 e. The van der Waals surface area contributed by atoms with Gasteiger partial charge in [-0.3, -0.25) is 9.40 Å². The van der Waals surface area contributed by atoms with Crippen molar-refractivity contribution in [3.05, 3.63) is 40.7 Å². The Bertz CT molecular complexity index is 816. The Kier molecular flexibility index (Phi) is 4.14. The molecule has 0 saturated carbocycles. The maximum absolute atomic E-state index is 13.0. The van der Waals surface area contributed by atoms with Gasteiger partial charge in [0.2, 0.25) is 0 Å². The fraction of sp³-hybridized carbons (Fsp3) is 0.250. The first-order valence-electron chi connectivity index (χ1n) is 5.90. The molecule has 1 N–H and O–H groups in total. The summed E-state index contributed by atoms with van der Waals surface area (Å²) in [6.45, 7) is 1.49. The molecule has 0 unspecified atom stereocenters. The lowest BCUT2D eigenvalue weighted by atomic mass is 10.2. The number of aromatic nitrogens is 2. The van der Waals surface area contributed by atoms with E-state index >= 15 is 0 Å². The molecule has 1 heterocycles. The van der Waals surface area contributed by atoms with Gasteiger partial charge in [-0.05, 0) is 25.1 Å². The van der Waals surface area contributed by atoms with E-state index in [9.17, 15) is 21.6 Å². The van der Waals surface area contributed by atoms with Crippen molar-refractivity contribution in [2.24, 2.45) is 7.05 Å². The first-order chi connectivity index (χ1) is 10.0. The highest BCUT2D eigenvalue weighted by molar-refractivity contribution is 7.92. The third-order valence-electron chi connectivity index (χ3n) is 3.01. The number of rotatable bonds is 3. The number of hydrogen-bond acceptors (Lipinski definition) is 3. The molecule has 0 atom stereocenters. The SMILES string of the molecule is Cc1c(S(=O)(=O)Nc2ccc(Cl)cc2C(F)(F)F)cnn1C. The number of anilines is 1. The van der Waals surface area contributed by atoms with Crippen molar-refractivity contribution < 1.29 is 21.6 Å². The largest absolute Gasteiger partial charge is 0.418 e. The van der Waals surface area contributed by atoms with Crippen LogP contribution >= 0.6 is 11.6 Å². The minimum absolute atomic E-state index is 0.146. The van der Waals surface area contributed by atoms with E-state index in [1.807, 2.05) is 4.72 Å². The summed E-state index contributed by atoms with van der Waals surface area (Å²) < 4.78 is 66.6. The summed E-state index contributed by atoms with van der Waals surface area (Å²) in [5.41, 5.74) is -1.46. The van der Waals surface area contributed by atoms with Crippen LogP contribution in [0.25, 0.3) is 0 Å². The van der Waals surface area contributed by atoms with Crippen LogP contribution in [-0.4, -0.2) is 18.2 Å². The number of halogens is 4. The Labute approximate surface area is 129 Å². The molecule has 22 heavy (non-hydrogen) atoms. The lowest BCUT2D eigenvalue weighted by Crippen LogP contribution is -2.17. The molecule has 0 aliphatic heterocycles. The number of aryl methyl sites for hydroxylation is 1. The zero-order valence-electron chi connectivity index (χ0n) is 11.4. The minimum Gasteiger partial charge on any atom is -0.279 e. The molecule has 120 valence electrons. The van der Waals surface area contributed by atoms with Crippen LogP contribution in [0.5, 0.6) is 0 Å². The van der Waals surface area contributed by atoms with E-state index < -0.39 is 27.5 Å². The second-order valence-electron chi connectivity index (χ2n) is 4.51. The molecule has 0 radical (unpaired) electrons. The van der Waals surface area contributed by atoms with Crippen LogP contribution in [0.15, 0.2) is 29.3 Å². The third kappa shape index (κ3) is 3.20. The Hall–Kier alpha value is -1.74. The molecular weight excluding hydrogens is 343 g/mol. The summed E-state index contributed by atoms with van der Waals surface area (Å²) in [6, 6.07) is 2.80. The molecular formula is C12H11ClF3N3O2S. The predicted octanol–water partition coefficient (Wildman–Crippen LogP) is 3.20. The van der Waals surface area contributed by atoms with E-state index in [4.69, 9.17) is 11.6 Å². The lowest BCUT2D eigenvalue weighted by Gasteiger charge is -2.15. The standard InChI is InChI=1S/C12H11ClF3N3O2S/c1-7-11(6-17-19(7)2)22(20,21)18-10-4-3-8(13)5-9(10)12(14,15)16/h3-6,18H,1-2H3. The highest BCUT2D eigenvalue weighted by Crippen LogP contribution is 2.37. The molecule has 1 aromatic heterocycles. The van der Waals surface area contributed by atoms with Crippen molar-refractivity contribution in [3.8, 4) is 0 Å².